The second kappa shape index (κ2) is 7.58. The number of hydrogen-bond donors (Lipinski definition) is 0. The Hall–Kier alpha value is -2.35. The van der Waals surface area contributed by atoms with Gasteiger partial charge < -0.3 is 14.2 Å². The van der Waals surface area contributed by atoms with Gasteiger partial charge >= 0.3 is 5.69 Å². The molecule has 0 N–H and O–H groups in total. The van der Waals surface area contributed by atoms with Crippen LogP contribution in [0.4, 0.5) is 0 Å². The van der Waals surface area contributed by atoms with Gasteiger partial charge in [0.1, 0.15) is 5.82 Å². The van der Waals surface area contributed by atoms with Crippen molar-refractivity contribution in [3.63, 3.8) is 0 Å². The number of nitrogens with zero attached hydrogens (tertiary/aromatic N) is 5. The molecule has 0 aromatic carbocycles. The monoisotopic (exact) mass is 387 g/mol. The van der Waals surface area contributed by atoms with Gasteiger partial charge in [0.25, 0.3) is 5.91 Å². The molecule has 2 aromatic heterocycles. The second-order valence-electron chi connectivity index (χ2n) is 7.95. The largest absolute Gasteiger partial charge is 0.383 e. The van der Waals surface area contributed by atoms with Crippen LogP contribution in [0.15, 0.2) is 10.9 Å². The van der Waals surface area contributed by atoms with Crippen LogP contribution < -0.4 is 5.69 Å². The van der Waals surface area contributed by atoms with Crippen LogP contribution in [0.25, 0.3) is 0 Å². The number of rotatable bonds is 6. The van der Waals surface area contributed by atoms with Crippen LogP contribution in [0.5, 0.6) is 0 Å². The normalized spacial score (nSPS) is 16.9. The zero-order valence-electron chi connectivity index (χ0n) is 17.0. The first-order valence-electron chi connectivity index (χ1n) is 10.1. The Balaban J connectivity index is 1.49. The van der Waals surface area contributed by atoms with Gasteiger partial charge in [0.15, 0.2) is 0 Å². The lowest BCUT2D eigenvalue weighted by atomic mass is 10.2. The average molecular weight is 387 g/mol. The van der Waals surface area contributed by atoms with E-state index in [2.05, 4.69) is 9.67 Å². The van der Waals surface area contributed by atoms with Crippen molar-refractivity contribution in [3.05, 3.63) is 39.3 Å². The SMILES string of the molecule is COCCn1c(C)cc(C(=O)N2CCc3nn(CC4CC4)c(=O)n3CC2)c1C. The van der Waals surface area contributed by atoms with Crippen LogP contribution in [-0.2, 0) is 30.8 Å². The summed E-state index contributed by atoms with van der Waals surface area (Å²) < 4.78 is 10.7. The van der Waals surface area contributed by atoms with E-state index in [0.717, 1.165) is 35.9 Å². The average Bonchev–Trinajstić information content (AvgIpc) is 3.42. The molecular weight excluding hydrogens is 358 g/mol. The minimum absolute atomic E-state index is 0.0285. The van der Waals surface area contributed by atoms with Gasteiger partial charge in [-0.05, 0) is 38.7 Å². The number of carbonyl (C=O) groups excluding carboxylic acids is 1. The van der Waals surface area contributed by atoms with Gasteiger partial charge in [-0.3, -0.25) is 9.36 Å². The highest BCUT2D eigenvalue weighted by Crippen LogP contribution is 2.29. The minimum atomic E-state index is -0.0334. The highest BCUT2D eigenvalue weighted by molar-refractivity contribution is 5.95. The van der Waals surface area contributed by atoms with Crippen LogP contribution in [0.1, 0.15) is 40.4 Å². The molecule has 0 radical (unpaired) electrons. The summed E-state index contributed by atoms with van der Waals surface area (Å²) in [6.07, 6.45) is 3.00. The molecule has 0 saturated heterocycles. The van der Waals surface area contributed by atoms with Crippen LogP contribution in [-0.4, -0.2) is 56.5 Å². The van der Waals surface area contributed by atoms with Crippen molar-refractivity contribution >= 4 is 5.91 Å². The molecule has 0 unspecified atom stereocenters. The molecule has 1 fully saturated rings. The van der Waals surface area contributed by atoms with Crippen LogP contribution in [0, 0.1) is 19.8 Å². The van der Waals surface area contributed by atoms with Crippen molar-refractivity contribution < 1.29 is 9.53 Å². The van der Waals surface area contributed by atoms with E-state index in [9.17, 15) is 9.59 Å². The molecular formula is C20H29N5O3. The van der Waals surface area contributed by atoms with Crippen molar-refractivity contribution in [1.29, 1.82) is 0 Å². The summed E-state index contributed by atoms with van der Waals surface area (Å²) >= 11 is 0. The van der Waals surface area contributed by atoms with E-state index in [4.69, 9.17) is 4.74 Å². The first-order chi connectivity index (χ1) is 13.5. The number of fused-ring (bicyclic) bond motifs is 1. The summed E-state index contributed by atoms with van der Waals surface area (Å²) in [5.74, 6) is 1.44. The lowest BCUT2D eigenvalue weighted by Gasteiger charge is -2.20. The summed E-state index contributed by atoms with van der Waals surface area (Å²) in [5.41, 5.74) is 2.73. The van der Waals surface area contributed by atoms with Gasteiger partial charge in [-0.2, -0.15) is 5.10 Å². The number of aromatic nitrogens is 4. The van der Waals surface area contributed by atoms with Crippen LogP contribution in [0.3, 0.4) is 0 Å². The van der Waals surface area contributed by atoms with Crippen LogP contribution >= 0.6 is 0 Å². The van der Waals surface area contributed by atoms with E-state index in [-0.39, 0.29) is 11.6 Å². The molecule has 0 bridgehead atoms. The number of ether oxygens (including phenoxy) is 1. The fourth-order valence-corrected chi connectivity index (χ4v) is 4.04. The second-order valence-corrected chi connectivity index (χ2v) is 7.95. The molecule has 3 heterocycles. The third-order valence-electron chi connectivity index (χ3n) is 5.94. The maximum atomic E-state index is 13.2. The van der Waals surface area contributed by atoms with Crippen molar-refractivity contribution in [2.75, 3.05) is 26.8 Å². The zero-order valence-corrected chi connectivity index (χ0v) is 17.0. The molecule has 8 heteroatoms. The molecule has 1 amide bonds. The molecule has 1 aliphatic carbocycles. The zero-order chi connectivity index (χ0) is 19.8. The molecule has 0 atom stereocenters. The standard InChI is InChI=1S/C20H29N5O3/c1-14-12-17(15(2)23(14)10-11-28-3)19(26)22-7-6-18-21-25(13-16-4-5-16)20(27)24(18)9-8-22/h12,16H,4-11,13H2,1-3H3. The Bertz CT molecular complexity index is 935. The Kier molecular flexibility index (Phi) is 5.14. The van der Waals surface area contributed by atoms with E-state index in [1.54, 1.807) is 16.4 Å². The van der Waals surface area contributed by atoms with E-state index < -0.39 is 0 Å². The maximum Gasteiger partial charge on any atom is 0.345 e. The molecule has 8 nitrogen and oxygen atoms in total. The first kappa shape index (κ1) is 19.0. The fourth-order valence-electron chi connectivity index (χ4n) is 4.04. The van der Waals surface area contributed by atoms with E-state index in [1.807, 2.05) is 24.8 Å². The molecule has 28 heavy (non-hydrogen) atoms. The highest BCUT2D eigenvalue weighted by Gasteiger charge is 2.28. The lowest BCUT2D eigenvalue weighted by molar-refractivity contribution is 0.0757. The number of hydrogen-bond acceptors (Lipinski definition) is 4. The van der Waals surface area contributed by atoms with Crippen molar-refractivity contribution in [1.82, 2.24) is 23.8 Å². The van der Waals surface area contributed by atoms with Crippen molar-refractivity contribution in [2.45, 2.75) is 52.7 Å². The Labute approximate surface area is 164 Å². The van der Waals surface area contributed by atoms with Crippen LogP contribution in [0.2, 0.25) is 0 Å². The summed E-state index contributed by atoms with van der Waals surface area (Å²) in [7, 11) is 1.68. The molecule has 0 spiro atoms. The number of amides is 1. The van der Waals surface area contributed by atoms with Gasteiger partial charge in [-0.1, -0.05) is 0 Å². The van der Waals surface area contributed by atoms with Gasteiger partial charge in [0.2, 0.25) is 0 Å². The number of methoxy groups -OCH3 is 1. The van der Waals surface area contributed by atoms with Gasteiger partial charge in [0, 0.05) is 57.6 Å². The van der Waals surface area contributed by atoms with Crippen molar-refractivity contribution in [3.8, 4) is 0 Å². The quantitative estimate of drug-likeness (QED) is 0.747. The van der Waals surface area contributed by atoms with E-state index in [1.165, 1.54) is 12.8 Å². The Morgan fingerprint density at radius 2 is 2.04 bits per heavy atom. The molecule has 1 aliphatic heterocycles. The smallest absolute Gasteiger partial charge is 0.345 e. The lowest BCUT2D eigenvalue weighted by Crippen LogP contribution is -2.35. The summed E-state index contributed by atoms with van der Waals surface area (Å²) in [4.78, 5) is 27.6. The fraction of sp³-hybridized carbons (Fsp3) is 0.650. The molecule has 2 aliphatic rings. The maximum absolute atomic E-state index is 13.2. The predicted octanol–water partition coefficient (Wildman–Crippen LogP) is 1.22. The third-order valence-corrected chi connectivity index (χ3v) is 5.94. The minimum Gasteiger partial charge on any atom is -0.383 e. The predicted molar refractivity (Wildman–Crippen MR) is 105 cm³/mol. The van der Waals surface area contributed by atoms with Gasteiger partial charge in [0.05, 0.1) is 12.2 Å². The topological polar surface area (TPSA) is 74.3 Å². The van der Waals surface area contributed by atoms with Gasteiger partial charge in [-0.25, -0.2) is 9.48 Å². The van der Waals surface area contributed by atoms with Gasteiger partial charge in [-0.15, -0.1) is 0 Å². The molecule has 2 aromatic rings. The Morgan fingerprint density at radius 3 is 2.75 bits per heavy atom. The summed E-state index contributed by atoms with van der Waals surface area (Å²) in [6, 6.07) is 1.96. The van der Waals surface area contributed by atoms with Crippen molar-refractivity contribution in [2.24, 2.45) is 5.92 Å². The van der Waals surface area contributed by atoms with E-state index >= 15 is 0 Å². The summed E-state index contributed by atoms with van der Waals surface area (Å²) in [5, 5.41) is 4.54. The Morgan fingerprint density at radius 1 is 1.25 bits per heavy atom. The third kappa shape index (κ3) is 3.53. The molecule has 152 valence electrons. The van der Waals surface area contributed by atoms with E-state index in [0.29, 0.717) is 38.6 Å². The number of carbonyl (C=O) groups is 1. The number of aryl methyl sites for hydroxylation is 1. The molecule has 1 saturated carbocycles. The summed E-state index contributed by atoms with van der Waals surface area (Å²) in [6.45, 7) is 7.69. The highest BCUT2D eigenvalue weighted by atomic mass is 16.5. The molecule has 4 rings (SSSR count). The first-order valence-corrected chi connectivity index (χ1v) is 10.1.